The van der Waals surface area contributed by atoms with Crippen LogP contribution < -0.4 is 0 Å². The number of aliphatic hydroxyl groups is 1. The Morgan fingerprint density at radius 1 is 0.784 bits per heavy atom. The lowest BCUT2D eigenvalue weighted by atomic mass is 9.53. The molecule has 1 saturated heterocycles. The minimum Gasteiger partial charge on any atom is -0.461 e. The summed E-state index contributed by atoms with van der Waals surface area (Å²) in [4.78, 5) is 78.7. The van der Waals surface area contributed by atoms with Crippen molar-refractivity contribution in [3.8, 4) is 0 Å². The quantitative estimate of drug-likeness (QED) is 0.235. The number of fused-ring (bicyclic) bond motifs is 1. The van der Waals surface area contributed by atoms with Crippen LogP contribution in [0, 0.1) is 23.2 Å². The van der Waals surface area contributed by atoms with Crippen molar-refractivity contribution in [3.63, 3.8) is 0 Å². The summed E-state index contributed by atoms with van der Waals surface area (Å²) < 4.78 is 43.4. The zero-order valence-corrected chi connectivity index (χ0v) is 30.3. The summed E-state index contributed by atoms with van der Waals surface area (Å²) in [5.41, 5.74) is -8.57. The topological polar surface area (TPSA) is 187 Å². The second-order valence-corrected chi connectivity index (χ2v) is 15.0. The standard InChI is InChI=1S/C37H46O14/c1-19(38)46-26-16-15-25(33(6,7)50-22(4)41)28-35(9)32(49-31(43)24-13-11-10-12-14-24)37(51-23(5)42)17-34(8,44)29(47-20(2)39)27(37)30(48-21(3)40)36(26,28)18-45-35/h10-16,25-30,32,44H,17-18H2,1-9H3/t25-,26+,27+,28-,29+,30+,32+,34+,35+,36+,37+/m0/s1. The summed E-state index contributed by atoms with van der Waals surface area (Å²) in [6, 6.07) is 8.03. The number of esters is 6. The zero-order valence-electron chi connectivity index (χ0n) is 30.3. The second kappa shape index (κ2) is 13.0. The number of carbonyl (C=O) groups is 6. The molecule has 14 heteroatoms. The summed E-state index contributed by atoms with van der Waals surface area (Å²) in [7, 11) is 0. The van der Waals surface area contributed by atoms with E-state index in [1.54, 1.807) is 51.1 Å². The van der Waals surface area contributed by atoms with Gasteiger partial charge in [-0.1, -0.05) is 24.3 Å². The molecular formula is C37H46O14. The van der Waals surface area contributed by atoms with Gasteiger partial charge in [-0.3, -0.25) is 24.0 Å². The molecule has 3 fully saturated rings. The Bertz CT molecular complexity index is 1630. The predicted molar refractivity (Wildman–Crippen MR) is 174 cm³/mol. The van der Waals surface area contributed by atoms with Gasteiger partial charge in [-0.05, 0) is 45.9 Å². The van der Waals surface area contributed by atoms with Crippen molar-refractivity contribution in [3.05, 3.63) is 48.0 Å². The van der Waals surface area contributed by atoms with Crippen molar-refractivity contribution in [1.29, 1.82) is 0 Å². The smallest absolute Gasteiger partial charge is 0.338 e. The fraction of sp³-hybridized carbons (Fsp3) is 0.622. The number of benzene rings is 1. The summed E-state index contributed by atoms with van der Waals surface area (Å²) in [6.07, 6.45) is -3.01. The average molecular weight is 715 g/mol. The van der Waals surface area contributed by atoms with Gasteiger partial charge in [0.15, 0.2) is 11.7 Å². The minimum absolute atomic E-state index is 0.139. The lowest BCUT2D eigenvalue weighted by Gasteiger charge is -2.53. The molecule has 3 aliphatic carbocycles. The van der Waals surface area contributed by atoms with Gasteiger partial charge < -0.3 is 38.3 Å². The largest absolute Gasteiger partial charge is 0.461 e. The van der Waals surface area contributed by atoms with Crippen LogP contribution >= 0.6 is 0 Å². The normalized spacial score (nSPS) is 37.9. The monoisotopic (exact) mass is 714 g/mol. The fourth-order valence-electron chi connectivity index (χ4n) is 9.57. The average Bonchev–Trinajstić information content (AvgIpc) is 3.40. The van der Waals surface area contributed by atoms with E-state index in [4.69, 9.17) is 33.2 Å². The first kappa shape index (κ1) is 37.9. The van der Waals surface area contributed by atoms with Gasteiger partial charge in [0.05, 0.1) is 23.5 Å². The third kappa shape index (κ3) is 6.30. The summed E-state index contributed by atoms with van der Waals surface area (Å²) in [6.45, 7) is 11.9. The van der Waals surface area contributed by atoms with Crippen LogP contribution in [0.4, 0.5) is 0 Å². The van der Waals surface area contributed by atoms with Crippen molar-refractivity contribution < 1.29 is 67.0 Å². The van der Waals surface area contributed by atoms with Crippen molar-refractivity contribution in [2.75, 3.05) is 6.61 Å². The van der Waals surface area contributed by atoms with Gasteiger partial charge in [-0.2, -0.15) is 0 Å². The van der Waals surface area contributed by atoms with Gasteiger partial charge in [0.25, 0.3) is 0 Å². The number of carbonyl (C=O) groups excluding carboxylic acids is 6. The highest BCUT2D eigenvalue weighted by atomic mass is 16.6. The Kier molecular flexibility index (Phi) is 9.70. The first-order chi connectivity index (χ1) is 23.6. The van der Waals surface area contributed by atoms with E-state index in [0.717, 1.165) is 20.8 Å². The Hall–Kier alpha value is -4.30. The highest BCUT2D eigenvalue weighted by Gasteiger charge is 2.84. The molecule has 5 rings (SSSR count). The van der Waals surface area contributed by atoms with Gasteiger partial charge >= 0.3 is 35.8 Å². The van der Waals surface area contributed by atoms with Crippen LogP contribution in [0.15, 0.2) is 42.5 Å². The fourth-order valence-corrected chi connectivity index (χ4v) is 9.57. The Morgan fingerprint density at radius 3 is 1.92 bits per heavy atom. The second-order valence-electron chi connectivity index (χ2n) is 15.0. The molecule has 2 saturated carbocycles. The third-order valence-electron chi connectivity index (χ3n) is 10.8. The SMILES string of the molecule is CC(=O)O[C@@H]1[C@H]2[C@@H](OC(C)=O)[C@](C)(O)C[C@]2(OC(C)=O)[C@H](OC(=O)c2ccccc2)[C@]2(C)OC[C@]13[C@H](OC(C)=O)C=C[C@H](C(C)(C)OC(C)=O)[C@@H]23. The van der Waals surface area contributed by atoms with Crippen LogP contribution in [-0.2, 0) is 57.1 Å². The molecule has 1 heterocycles. The predicted octanol–water partition coefficient (Wildman–Crippen LogP) is 3.01. The molecule has 1 aromatic carbocycles. The molecule has 0 amide bonds. The molecule has 0 unspecified atom stereocenters. The summed E-state index contributed by atoms with van der Waals surface area (Å²) >= 11 is 0. The highest BCUT2D eigenvalue weighted by molar-refractivity contribution is 5.89. The molecule has 278 valence electrons. The van der Waals surface area contributed by atoms with E-state index in [0.29, 0.717) is 0 Å². The highest BCUT2D eigenvalue weighted by Crippen LogP contribution is 2.69. The van der Waals surface area contributed by atoms with Crippen LogP contribution in [0.25, 0.3) is 0 Å². The van der Waals surface area contributed by atoms with Crippen LogP contribution in [0.1, 0.15) is 79.1 Å². The summed E-state index contributed by atoms with van der Waals surface area (Å²) in [5, 5.41) is 12.1. The molecule has 0 radical (unpaired) electrons. The van der Waals surface area contributed by atoms with Crippen LogP contribution in [0.2, 0.25) is 0 Å². The molecule has 2 bridgehead atoms. The first-order valence-corrected chi connectivity index (χ1v) is 16.8. The maximum absolute atomic E-state index is 14.1. The molecule has 11 atom stereocenters. The minimum atomic E-state index is -2.10. The van der Waals surface area contributed by atoms with Crippen LogP contribution in [-0.4, -0.2) is 94.3 Å². The number of hydrogen-bond donors (Lipinski definition) is 1. The number of hydrogen-bond acceptors (Lipinski definition) is 14. The van der Waals surface area contributed by atoms with Crippen LogP contribution in [0.3, 0.4) is 0 Å². The summed E-state index contributed by atoms with van der Waals surface area (Å²) in [5.74, 6) is -7.83. The van der Waals surface area contributed by atoms with E-state index >= 15 is 0 Å². The molecule has 4 aliphatic rings. The van der Waals surface area contributed by atoms with Crippen molar-refractivity contribution >= 4 is 35.8 Å². The van der Waals surface area contributed by atoms with E-state index in [1.807, 2.05) is 0 Å². The molecule has 1 N–H and O–H groups in total. The van der Waals surface area contributed by atoms with E-state index in [2.05, 4.69) is 0 Å². The van der Waals surface area contributed by atoms with Gasteiger partial charge in [-0.15, -0.1) is 0 Å². The van der Waals surface area contributed by atoms with Crippen molar-refractivity contribution in [1.82, 2.24) is 0 Å². The van der Waals surface area contributed by atoms with E-state index in [-0.39, 0.29) is 12.2 Å². The van der Waals surface area contributed by atoms with Crippen LogP contribution in [0.5, 0.6) is 0 Å². The Labute approximate surface area is 296 Å². The number of rotatable bonds is 8. The van der Waals surface area contributed by atoms with Crippen molar-refractivity contribution in [2.24, 2.45) is 23.2 Å². The van der Waals surface area contributed by atoms with E-state index in [9.17, 15) is 33.9 Å². The van der Waals surface area contributed by atoms with Gasteiger partial charge in [0.1, 0.15) is 35.1 Å². The molecule has 0 spiro atoms. The molecule has 14 nitrogen and oxygen atoms in total. The third-order valence-corrected chi connectivity index (χ3v) is 10.8. The van der Waals surface area contributed by atoms with E-state index < -0.39 is 112 Å². The molecule has 51 heavy (non-hydrogen) atoms. The maximum Gasteiger partial charge on any atom is 0.338 e. The Morgan fingerprint density at radius 2 is 1.37 bits per heavy atom. The lowest BCUT2D eigenvalue weighted by molar-refractivity contribution is -0.239. The lowest BCUT2D eigenvalue weighted by Crippen LogP contribution is -2.64. The van der Waals surface area contributed by atoms with Crippen molar-refractivity contribution in [2.45, 2.75) is 116 Å². The number of ether oxygens (including phenoxy) is 7. The molecular weight excluding hydrogens is 668 g/mol. The maximum atomic E-state index is 14.1. The molecule has 0 aromatic heterocycles. The zero-order chi connectivity index (χ0) is 37.9. The molecule has 1 aliphatic heterocycles. The van der Waals surface area contributed by atoms with Gasteiger partial charge in [0, 0.05) is 52.9 Å². The van der Waals surface area contributed by atoms with E-state index in [1.165, 1.54) is 32.9 Å². The molecule has 1 aromatic rings. The van der Waals surface area contributed by atoms with Gasteiger partial charge in [0.2, 0.25) is 0 Å². The van der Waals surface area contributed by atoms with Gasteiger partial charge in [-0.25, -0.2) is 4.79 Å². The Balaban J connectivity index is 1.93. The first-order valence-electron chi connectivity index (χ1n) is 16.8.